The third-order valence-electron chi connectivity index (χ3n) is 3.82. The summed E-state index contributed by atoms with van der Waals surface area (Å²) >= 11 is 5.92. The molecule has 0 heterocycles. The molecule has 0 aliphatic carbocycles. The first-order valence-corrected chi connectivity index (χ1v) is 8.50. The first-order chi connectivity index (χ1) is 9.84. The van der Waals surface area contributed by atoms with Gasteiger partial charge in [0.1, 0.15) is 4.90 Å². The minimum atomic E-state index is -3.78. The topological polar surface area (TPSA) is 90.2 Å². The number of aliphatic hydroxyl groups is 1. The minimum absolute atomic E-state index is 0.00384. The predicted molar refractivity (Wildman–Crippen MR) is 81.5 cm³/mol. The molecular formula is C14H19ClN2O3S. The molecule has 7 heteroatoms. The highest BCUT2D eigenvalue weighted by Gasteiger charge is 2.28. The van der Waals surface area contributed by atoms with Crippen LogP contribution in [0.1, 0.15) is 32.3 Å². The average Bonchev–Trinajstić information content (AvgIpc) is 2.48. The highest BCUT2D eigenvalue weighted by atomic mass is 35.5. The summed E-state index contributed by atoms with van der Waals surface area (Å²) in [5.41, 5.74) is -0.183. The second-order valence-electron chi connectivity index (χ2n) is 4.95. The van der Waals surface area contributed by atoms with Gasteiger partial charge in [-0.15, -0.1) is 0 Å². The van der Waals surface area contributed by atoms with Crippen LogP contribution in [-0.4, -0.2) is 26.7 Å². The number of aliphatic hydroxyl groups excluding tert-OH is 1. The number of halogens is 1. The fraction of sp³-hybridized carbons (Fsp3) is 0.500. The lowest BCUT2D eigenvalue weighted by Gasteiger charge is -2.29. The molecule has 1 rings (SSSR count). The van der Waals surface area contributed by atoms with Gasteiger partial charge in [0.25, 0.3) is 0 Å². The molecule has 116 valence electrons. The van der Waals surface area contributed by atoms with Crippen LogP contribution in [0.3, 0.4) is 0 Å². The lowest BCUT2D eigenvalue weighted by molar-refractivity contribution is 0.119. The number of hydrogen-bond acceptors (Lipinski definition) is 4. The Balaban J connectivity index is 3.00. The van der Waals surface area contributed by atoms with E-state index in [1.54, 1.807) is 0 Å². The standard InChI is InChI=1S/C14H19ClN2O3S/c1-3-14(4-2,10-18)9-17-21(19,20)13-6-5-11(8-16)7-12(13)15/h5-7,17-18H,3-4,9-10H2,1-2H3. The Morgan fingerprint density at radius 3 is 2.43 bits per heavy atom. The van der Waals surface area contributed by atoms with Crippen LogP contribution in [0.15, 0.2) is 23.1 Å². The Kier molecular flexibility index (Phi) is 6.17. The summed E-state index contributed by atoms with van der Waals surface area (Å²) in [5, 5.41) is 18.2. The molecule has 1 aromatic rings. The van der Waals surface area contributed by atoms with Crippen molar-refractivity contribution >= 4 is 21.6 Å². The van der Waals surface area contributed by atoms with Crippen molar-refractivity contribution in [2.24, 2.45) is 5.41 Å². The quantitative estimate of drug-likeness (QED) is 0.802. The minimum Gasteiger partial charge on any atom is -0.396 e. The number of nitrogens with zero attached hydrogens (tertiary/aromatic N) is 1. The smallest absolute Gasteiger partial charge is 0.242 e. The molecule has 0 unspecified atom stereocenters. The molecule has 0 radical (unpaired) electrons. The summed E-state index contributed by atoms with van der Waals surface area (Å²) in [5.74, 6) is 0. The number of nitrogens with one attached hydrogen (secondary N) is 1. The third-order valence-corrected chi connectivity index (χ3v) is 5.71. The lowest BCUT2D eigenvalue weighted by Crippen LogP contribution is -2.39. The maximum absolute atomic E-state index is 12.3. The second kappa shape index (κ2) is 7.23. The van der Waals surface area contributed by atoms with Crippen molar-refractivity contribution in [1.82, 2.24) is 4.72 Å². The number of rotatable bonds is 7. The van der Waals surface area contributed by atoms with E-state index in [1.807, 2.05) is 19.9 Å². The number of sulfonamides is 1. The highest BCUT2D eigenvalue weighted by molar-refractivity contribution is 7.89. The van der Waals surface area contributed by atoms with E-state index < -0.39 is 15.4 Å². The van der Waals surface area contributed by atoms with Crippen LogP contribution in [0.2, 0.25) is 5.02 Å². The first-order valence-electron chi connectivity index (χ1n) is 6.64. The van der Waals surface area contributed by atoms with Gasteiger partial charge in [-0.05, 0) is 31.0 Å². The fourth-order valence-corrected chi connectivity index (χ4v) is 3.59. The normalized spacial score (nSPS) is 12.1. The van der Waals surface area contributed by atoms with Gasteiger partial charge in [0.15, 0.2) is 0 Å². The van der Waals surface area contributed by atoms with Crippen LogP contribution >= 0.6 is 11.6 Å². The van der Waals surface area contributed by atoms with E-state index in [9.17, 15) is 13.5 Å². The maximum Gasteiger partial charge on any atom is 0.242 e. The largest absolute Gasteiger partial charge is 0.396 e. The van der Waals surface area contributed by atoms with Crippen molar-refractivity contribution in [2.75, 3.05) is 13.2 Å². The summed E-state index contributed by atoms with van der Waals surface area (Å²) < 4.78 is 27.1. The van der Waals surface area contributed by atoms with Crippen molar-refractivity contribution < 1.29 is 13.5 Å². The van der Waals surface area contributed by atoms with E-state index in [0.29, 0.717) is 18.4 Å². The molecular weight excluding hydrogens is 312 g/mol. The molecule has 1 aromatic carbocycles. The van der Waals surface area contributed by atoms with Crippen LogP contribution in [0.25, 0.3) is 0 Å². The molecule has 0 fully saturated rings. The van der Waals surface area contributed by atoms with Crippen molar-refractivity contribution in [3.63, 3.8) is 0 Å². The van der Waals surface area contributed by atoms with Crippen molar-refractivity contribution in [1.29, 1.82) is 5.26 Å². The van der Waals surface area contributed by atoms with E-state index in [1.165, 1.54) is 18.2 Å². The molecule has 0 aliphatic heterocycles. The molecule has 0 saturated heterocycles. The second-order valence-corrected chi connectivity index (χ2v) is 7.09. The molecule has 0 aromatic heterocycles. The summed E-state index contributed by atoms with van der Waals surface area (Å²) in [4.78, 5) is -0.0674. The summed E-state index contributed by atoms with van der Waals surface area (Å²) in [6, 6.07) is 5.92. The molecule has 21 heavy (non-hydrogen) atoms. The first kappa shape index (κ1) is 17.9. The van der Waals surface area contributed by atoms with Crippen molar-refractivity contribution in [3.8, 4) is 6.07 Å². The van der Waals surface area contributed by atoms with Gasteiger partial charge in [-0.2, -0.15) is 5.26 Å². The van der Waals surface area contributed by atoms with Gasteiger partial charge >= 0.3 is 0 Å². The Labute approximate surface area is 130 Å². The third kappa shape index (κ3) is 4.17. The Morgan fingerprint density at radius 1 is 1.38 bits per heavy atom. The Morgan fingerprint density at radius 2 is 2.00 bits per heavy atom. The molecule has 0 spiro atoms. The van der Waals surface area contributed by atoms with Gasteiger partial charge in [0, 0.05) is 18.6 Å². The zero-order chi connectivity index (χ0) is 16.1. The van der Waals surface area contributed by atoms with Gasteiger partial charge in [-0.1, -0.05) is 25.4 Å². The summed E-state index contributed by atoms with van der Waals surface area (Å²) in [6.07, 6.45) is 1.31. The average molecular weight is 331 g/mol. The number of hydrogen-bond donors (Lipinski definition) is 2. The van der Waals surface area contributed by atoms with Crippen LogP contribution in [-0.2, 0) is 10.0 Å². The van der Waals surface area contributed by atoms with Gasteiger partial charge in [-0.25, -0.2) is 13.1 Å². The van der Waals surface area contributed by atoms with Gasteiger partial charge in [-0.3, -0.25) is 0 Å². The van der Waals surface area contributed by atoms with Gasteiger partial charge in [0.05, 0.1) is 16.7 Å². The van der Waals surface area contributed by atoms with E-state index in [0.717, 1.165) is 0 Å². The molecule has 2 N–H and O–H groups in total. The monoisotopic (exact) mass is 330 g/mol. The maximum atomic E-state index is 12.3. The van der Waals surface area contributed by atoms with Crippen LogP contribution in [0, 0.1) is 16.7 Å². The Bertz CT molecular complexity index is 626. The van der Waals surface area contributed by atoms with E-state index >= 15 is 0 Å². The van der Waals surface area contributed by atoms with Crippen LogP contribution in [0.5, 0.6) is 0 Å². The van der Waals surface area contributed by atoms with Crippen molar-refractivity contribution in [3.05, 3.63) is 28.8 Å². The number of nitriles is 1. The van der Waals surface area contributed by atoms with E-state index in [2.05, 4.69) is 4.72 Å². The molecule has 0 amide bonds. The molecule has 0 saturated carbocycles. The zero-order valence-electron chi connectivity index (χ0n) is 12.1. The molecule has 5 nitrogen and oxygen atoms in total. The molecule has 0 atom stereocenters. The molecule has 0 bridgehead atoms. The number of benzene rings is 1. The van der Waals surface area contributed by atoms with Gasteiger partial charge < -0.3 is 5.11 Å². The van der Waals surface area contributed by atoms with Crippen LogP contribution < -0.4 is 4.72 Å². The van der Waals surface area contributed by atoms with Gasteiger partial charge in [0.2, 0.25) is 10.0 Å². The molecule has 0 aliphatic rings. The van der Waals surface area contributed by atoms with E-state index in [4.69, 9.17) is 16.9 Å². The van der Waals surface area contributed by atoms with Crippen molar-refractivity contribution in [2.45, 2.75) is 31.6 Å². The Hall–Kier alpha value is -1.13. The summed E-state index contributed by atoms with van der Waals surface area (Å²) in [6.45, 7) is 3.85. The zero-order valence-corrected chi connectivity index (χ0v) is 13.6. The summed E-state index contributed by atoms with van der Waals surface area (Å²) in [7, 11) is -3.78. The lowest BCUT2D eigenvalue weighted by atomic mass is 9.84. The predicted octanol–water partition coefficient (Wildman–Crippen LogP) is 2.29. The fourth-order valence-electron chi connectivity index (χ4n) is 1.89. The highest BCUT2D eigenvalue weighted by Crippen LogP contribution is 2.27. The van der Waals surface area contributed by atoms with Crippen LogP contribution in [0.4, 0.5) is 0 Å². The SMILES string of the molecule is CCC(CC)(CO)CNS(=O)(=O)c1ccc(C#N)cc1Cl. The van der Waals surface area contributed by atoms with E-state index in [-0.39, 0.29) is 23.1 Å².